The first-order chi connectivity index (χ1) is 8.79. The Labute approximate surface area is 116 Å². The lowest BCUT2D eigenvalue weighted by Gasteiger charge is -2.15. The van der Waals surface area contributed by atoms with E-state index in [1.54, 1.807) is 11.3 Å². The van der Waals surface area contributed by atoms with Crippen LogP contribution in [0.4, 0.5) is 0 Å². The molecule has 0 fully saturated rings. The van der Waals surface area contributed by atoms with E-state index >= 15 is 0 Å². The van der Waals surface area contributed by atoms with Gasteiger partial charge in [-0.3, -0.25) is 0 Å². The summed E-state index contributed by atoms with van der Waals surface area (Å²) in [6, 6.07) is 2.14. The van der Waals surface area contributed by atoms with E-state index in [0.717, 1.165) is 13.0 Å². The number of nitrogens with two attached hydrogens (primary N) is 1. The standard InChI is InChI=1S/C15H27NOS/c1-3-4-5-6-7-8-10-17-14(12-16)15-13(2)9-11-18-15/h9,11,14H,3-8,10,12,16H2,1-2H3. The van der Waals surface area contributed by atoms with Gasteiger partial charge in [0.05, 0.1) is 0 Å². The van der Waals surface area contributed by atoms with E-state index in [0.29, 0.717) is 6.54 Å². The second-order valence-corrected chi connectivity index (χ2v) is 5.78. The van der Waals surface area contributed by atoms with Crippen LogP contribution in [-0.2, 0) is 4.74 Å². The largest absolute Gasteiger partial charge is 0.371 e. The Morgan fingerprint density at radius 1 is 1.22 bits per heavy atom. The highest BCUT2D eigenvalue weighted by atomic mass is 32.1. The third-order valence-corrected chi connectivity index (χ3v) is 4.34. The fourth-order valence-corrected chi connectivity index (χ4v) is 3.06. The number of aryl methyl sites for hydroxylation is 1. The molecule has 3 heteroatoms. The predicted octanol–water partition coefficient (Wildman–Crippen LogP) is 4.43. The molecule has 2 nitrogen and oxygen atoms in total. The van der Waals surface area contributed by atoms with Gasteiger partial charge in [0.1, 0.15) is 6.10 Å². The molecular formula is C15H27NOS. The van der Waals surface area contributed by atoms with Crippen molar-refractivity contribution in [3.05, 3.63) is 21.9 Å². The first kappa shape index (κ1) is 15.7. The molecule has 0 aliphatic carbocycles. The maximum atomic E-state index is 5.91. The maximum Gasteiger partial charge on any atom is 0.104 e. The lowest BCUT2D eigenvalue weighted by molar-refractivity contribution is 0.0577. The van der Waals surface area contributed by atoms with E-state index in [4.69, 9.17) is 10.5 Å². The molecule has 1 unspecified atom stereocenters. The molecule has 0 saturated carbocycles. The van der Waals surface area contributed by atoms with Gasteiger partial charge in [-0.2, -0.15) is 0 Å². The number of hydrogen-bond donors (Lipinski definition) is 1. The molecular weight excluding hydrogens is 242 g/mol. The van der Waals surface area contributed by atoms with E-state index in [-0.39, 0.29) is 6.10 Å². The normalized spacial score (nSPS) is 12.8. The van der Waals surface area contributed by atoms with E-state index < -0.39 is 0 Å². The molecule has 1 atom stereocenters. The van der Waals surface area contributed by atoms with Crippen molar-refractivity contribution in [3.8, 4) is 0 Å². The van der Waals surface area contributed by atoms with Crippen molar-refractivity contribution in [2.45, 2.75) is 58.5 Å². The predicted molar refractivity (Wildman–Crippen MR) is 80.2 cm³/mol. The van der Waals surface area contributed by atoms with E-state index in [9.17, 15) is 0 Å². The Morgan fingerprint density at radius 3 is 2.56 bits per heavy atom. The molecule has 0 amide bonds. The highest BCUT2D eigenvalue weighted by molar-refractivity contribution is 7.10. The van der Waals surface area contributed by atoms with Crippen LogP contribution in [-0.4, -0.2) is 13.2 Å². The molecule has 2 N–H and O–H groups in total. The van der Waals surface area contributed by atoms with Crippen molar-refractivity contribution in [2.75, 3.05) is 13.2 Å². The second kappa shape index (κ2) is 9.54. The van der Waals surface area contributed by atoms with Gasteiger partial charge in [-0.25, -0.2) is 0 Å². The van der Waals surface area contributed by atoms with Gasteiger partial charge in [0.2, 0.25) is 0 Å². The van der Waals surface area contributed by atoms with Crippen LogP contribution in [0.3, 0.4) is 0 Å². The lowest BCUT2D eigenvalue weighted by atomic mass is 10.1. The van der Waals surface area contributed by atoms with Crippen molar-refractivity contribution in [1.29, 1.82) is 0 Å². The van der Waals surface area contributed by atoms with Gasteiger partial charge in [0, 0.05) is 18.0 Å². The Balaban J connectivity index is 2.15. The summed E-state index contributed by atoms with van der Waals surface area (Å²) in [7, 11) is 0. The molecule has 0 aliphatic heterocycles. The summed E-state index contributed by atoms with van der Waals surface area (Å²) in [5.74, 6) is 0. The SMILES string of the molecule is CCCCCCCCOC(CN)c1sccc1C. The number of rotatable bonds is 10. The Morgan fingerprint density at radius 2 is 1.94 bits per heavy atom. The third kappa shape index (κ3) is 5.51. The highest BCUT2D eigenvalue weighted by Crippen LogP contribution is 2.26. The van der Waals surface area contributed by atoms with Crippen molar-refractivity contribution in [1.82, 2.24) is 0 Å². The number of thiophene rings is 1. The first-order valence-corrected chi connectivity index (χ1v) is 8.03. The van der Waals surface area contributed by atoms with Crippen molar-refractivity contribution < 1.29 is 4.74 Å². The quantitative estimate of drug-likeness (QED) is 0.638. The molecule has 1 aromatic rings. The molecule has 0 radical (unpaired) electrons. The van der Waals surface area contributed by atoms with E-state index in [1.807, 2.05) is 0 Å². The minimum absolute atomic E-state index is 0.0978. The van der Waals surface area contributed by atoms with Crippen molar-refractivity contribution in [2.24, 2.45) is 5.73 Å². The van der Waals surface area contributed by atoms with Gasteiger partial charge < -0.3 is 10.5 Å². The van der Waals surface area contributed by atoms with Crippen LogP contribution in [0, 0.1) is 6.92 Å². The van der Waals surface area contributed by atoms with Gasteiger partial charge in [-0.15, -0.1) is 11.3 Å². The van der Waals surface area contributed by atoms with Gasteiger partial charge in [0.25, 0.3) is 0 Å². The smallest absolute Gasteiger partial charge is 0.104 e. The Kier molecular flexibility index (Phi) is 8.31. The molecule has 0 aliphatic rings. The molecule has 1 rings (SSSR count). The number of ether oxygens (including phenoxy) is 1. The molecule has 0 saturated heterocycles. The van der Waals surface area contributed by atoms with Gasteiger partial charge in [-0.1, -0.05) is 39.0 Å². The number of hydrogen-bond acceptors (Lipinski definition) is 3. The monoisotopic (exact) mass is 269 g/mol. The van der Waals surface area contributed by atoms with Crippen molar-refractivity contribution >= 4 is 11.3 Å². The summed E-state index contributed by atoms with van der Waals surface area (Å²) in [4.78, 5) is 1.29. The maximum absolute atomic E-state index is 5.91. The lowest BCUT2D eigenvalue weighted by Crippen LogP contribution is -2.16. The van der Waals surface area contributed by atoms with Crippen molar-refractivity contribution in [3.63, 3.8) is 0 Å². The average Bonchev–Trinajstić information content (AvgIpc) is 2.79. The minimum Gasteiger partial charge on any atom is -0.371 e. The van der Waals surface area contributed by atoms with Crippen LogP contribution in [0.25, 0.3) is 0 Å². The highest BCUT2D eigenvalue weighted by Gasteiger charge is 2.13. The zero-order chi connectivity index (χ0) is 13.2. The minimum atomic E-state index is 0.0978. The molecule has 1 heterocycles. The first-order valence-electron chi connectivity index (χ1n) is 7.15. The molecule has 1 aromatic heterocycles. The van der Waals surface area contributed by atoms with Crippen LogP contribution in [0.5, 0.6) is 0 Å². The van der Waals surface area contributed by atoms with Crippen LogP contribution in [0.1, 0.15) is 62.0 Å². The average molecular weight is 269 g/mol. The third-order valence-electron chi connectivity index (χ3n) is 3.23. The molecule has 104 valence electrons. The fraction of sp³-hybridized carbons (Fsp3) is 0.733. The summed E-state index contributed by atoms with van der Waals surface area (Å²) in [6.07, 6.45) is 7.90. The van der Waals surface area contributed by atoms with E-state index in [2.05, 4.69) is 25.3 Å². The summed E-state index contributed by atoms with van der Waals surface area (Å²) in [5.41, 5.74) is 7.10. The van der Waals surface area contributed by atoms with Crippen LogP contribution in [0.15, 0.2) is 11.4 Å². The van der Waals surface area contributed by atoms with Crippen LogP contribution < -0.4 is 5.73 Å². The van der Waals surface area contributed by atoms with E-state index in [1.165, 1.54) is 42.5 Å². The van der Waals surface area contributed by atoms with Crippen LogP contribution >= 0.6 is 11.3 Å². The fourth-order valence-electron chi connectivity index (χ4n) is 2.07. The summed E-state index contributed by atoms with van der Waals surface area (Å²) in [6.45, 7) is 5.80. The zero-order valence-electron chi connectivity index (χ0n) is 11.8. The molecule has 18 heavy (non-hydrogen) atoms. The van der Waals surface area contributed by atoms with Gasteiger partial charge in [-0.05, 0) is 30.4 Å². The second-order valence-electron chi connectivity index (χ2n) is 4.83. The van der Waals surface area contributed by atoms with Gasteiger partial charge >= 0.3 is 0 Å². The summed E-state index contributed by atoms with van der Waals surface area (Å²) in [5, 5.41) is 2.11. The van der Waals surface area contributed by atoms with Crippen LogP contribution in [0.2, 0.25) is 0 Å². The topological polar surface area (TPSA) is 35.2 Å². The Bertz CT molecular complexity index is 311. The zero-order valence-corrected chi connectivity index (χ0v) is 12.6. The summed E-state index contributed by atoms with van der Waals surface area (Å²) < 4.78 is 5.91. The Hall–Kier alpha value is -0.380. The molecule has 0 aromatic carbocycles. The molecule has 0 bridgehead atoms. The van der Waals surface area contributed by atoms with Gasteiger partial charge in [0.15, 0.2) is 0 Å². The molecule has 0 spiro atoms. The number of unbranched alkanes of at least 4 members (excludes halogenated alkanes) is 5. The summed E-state index contributed by atoms with van der Waals surface area (Å²) >= 11 is 1.75.